The van der Waals surface area contributed by atoms with Crippen LogP contribution in [0, 0.1) is 11.6 Å². The van der Waals surface area contributed by atoms with Gasteiger partial charge in [-0.2, -0.15) is 0 Å². The summed E-state index contributed by atoms with van der Waals surface area (Å²) in [6.45, 7) is 0. The first-order valence-corrected chi connectivity index (χ1v) is 6.63. The van der Waals surface area contributed by atoms with E-state index in [2.05, 4.69) is 15.9 Å². The van der Waals surface area contributed by atoms with Gasteiger partial charge in [0, 0.05) is 16.2 Å². The minimum absolute atomic E-state index is 0.0260. The summed E-state index contributed by atoms with van der Waals surface area (Å²) in [7, 11) is 0. The molecule has 0 bridgehead atoms. The number of nitrogens with two attached hydrogens (primary N) is 1. The number of carbonyl (C=O) groups is 2. The minimum atomic E-state index is -1.02. The molecule has 3 rings (SSSR count). The van der Waals surface area contributed by atoms with E-state index in [1.165, 1.54) is 18.2 Å². The number of benzene rings is 2. The molecule has 4 nitrogen and oxygen atoms in total. The van der Waals surface area contributed by atoms with Crippen molar-refractivity contribution in [2.24, 2.45) is 0 Å². The third-order valence-corrected chi connectivity index (χ3v) is 3.76. The largest absolute Gasteiger partial charge is 0.398 e. The van der Waals surface area contributed by atoms with Gasteiger partial charge in [0.05, 0.1) is 11.1 Å². The lowest BCUT2D eigenvalue weighted by Gasteiger charge is -2.16. The summed E-state index contributed by atoms with van der Waals surface area (Å²) >= 11 is 2.97. The molecule has 2 N–H and O–H groups in total. The van der Waals surface area contributed by atoms with Crippen molar-refractivity contribution in [3.8, 4) is 0 Å². The molecule has 0 saturated heterocycles. The maximum atomic E-state index is 14.0. The number of hydrogen-bond acceptors (Lipinski definition) is 3. The summed E-state index contributed by atoms with van der Waals surface area (Å²) in [5, 5.41) is 0. The molecule has 2 aromatic carbocycles. The monoisotopic (exact) mass is 352 g/mol. The van der Waals surface area contributed by atoms with Crippen LogP contribution in [0.3, 0.4) is 0 Å². The molecule has 0 saturated carbocycles. The fraction of sp³-hybridized carbons (Fsp3) is 0. The third-order valence-electron chi connectivity index (χ3n) is 3.15. The number of anilines is 2. The molecule has 0 spiro atoms. The Balaban J connectivity index is 2.22. The molecule has 2 amide bonds. The van der Waals surface area contributed by atoms with E-state index in [1.54, 1.807) is 0 Å². The zero-order chi connectivity index (χ0) is 15.3. The minimum Gasteiger partial charge on any atom is -0.398 e. The van der Waals surface area contributed by atoms with Crippen molar-refractivity contribution in [1.29, 1.82) is 0 Å². The number of halogens is 3. The second-order valence-electron chi connectivity index (χ2n) is 4.43. The van der Waals surface area contributed by atoms with E-state index in [0.29, 0.717) is 11.0 Å². The molecule has 0 fully saturated rings. The zero-order valence-corrected chi connectivity index (χ0v) is 11.9. The van der Waals surface area contributed by atoms with E-state index >= 15 is 0 Å². The lowest BCUT2D eigenvalue weighted by molar-refractivity contribution is 0.0925. The Labute approximate surface area is 126 Å². The van der Waals surface area contributed by atoms with E-state index < -0.39 is 23.4 Å². The van der Waals surface area contributed by atoms with Gasteiger partial charge >= 0.3 is 0 Å². The molecule has 1 aliphatic heterocycles. The lowest BCUT2D eigenvalue weighted by atomic mass is 10.1. The van der Waals surface area contributed by atoms with Gasteiger partial charge in [0.2, 0.25) is 0 Å². The summed E-state index contributed by atoms with van der Waals surface area (Å²) in [6, 6.07) is 6.02. The first-order chi connectivity index (χ1) is 9.91. The second-order valence-corrected chi connectivity index (χ2v) is 5.29. The van der Waals surface area contributed by atoms with Crippen molar-refractivity contribution < 1.29 is 18.4 Å². The molecule has 21 heavy (non-hydrogen) atoms. The summed E-state index contributed by atoms with van der Waals surface area (Å²) in [6.07, 6.45) is 0. The molecule has 106 valence electrons. The Hall–Kier alpha value is -2.28. The molecule has 0 atom stereocenters. The second kappa shape index (κ2) is 4.63. The topological polar surface area (TPSA) is 63.4 Å². The fourth-order valence-electron chi connectivity index (χ4n) is 2.26. The molecule has 0 aliphatic carbocycles. The summed E-state index contributed by atoms with van der Waals surface area (Å²) in [5.41, 5.74) is 5.62. The summed E-state index contributed by atoms with van der Waals surface area (Å²) < 4.78 is 27.1. The lowest BCUT2D eigenvalue weighted by Crippen LogP contribution is -2.30. The number of nitrogens with zero attached hydrogens (tertiary/aromatic N) is 1. The van der Waals surface area contributed by atoms with Crippen molar-refractivity contribution in [3.05, 3.63) is 57.6 Å². The number of hydrogen-bond donors (Lipinski definition) is 1. The van der Waals surface area contributed by atoms with E-state index in [1.807, 2.05) is 0 Å². The van der Waals surface area contributed by atoms with Gasteiger partial charge in [0.15, 0.2) is 5.82 Å². The van der Waals surface area contributed by atoms with Crippen LogP contribution < -0.4 is 10.6 Å². The predicted molar refractivity (Wildman–Crippen MR) is 76.1 cm³/mol. The number of fused-ring (bicyclic) bond motifs is 1. The smallest absolute Gasteiger partial charge is 0.268 e. The molecular formula is C14H7BrF2N2O2. The number of imide groups is 1. The van der Waals surface area contributed by atoms with Crippen LogP contribution in [0.5, 0.6) is 0 Å². The van der Waals surface area contributed by atoms with E-state index in [0.717, 1.165) is 6.07 Å². The summed E-state index contributed by atoms with van der Waals surface area (Å²) in [4.78, 5) is 25.3. The van der Waals surface area contributed by atoms with E-state index in [4.69, 9.17) is 5.73 Å². The van der Waals surface area contributed by atoms with Crippen molar-refractivity contribution in [3.63, 3.8) is 0 Å². The average Bonchev–Trinajstić information content (AvgIpc) is 2.64. The van der Waals surface area contributed by atoms with Gasteiger partial charge in [-0.3, -0.25) is 9.59 Å². The van der Waals surface area contributed by atoms with E-state index in [-0.39, 0.29) is 27.0 Å². The van der Waals surface area contributed by atoms with Gasteiger partial charge in [0.25, 0.3) is 11.8 Å². The molecule has 0 radical (unpaired) electrons. The fourth-order valence-corrected chi connectivity index (χ4v) is 2.85. The number of carbonyl (C=O) groups excluding carboxylic acids is 2. The van der Waals surface area contributed by atoms with Crippen LogP contribution in [0.15, 0.2) is 34.8 Å². The standard InChI is InChI=1S/C14H7BrF2N2O2/c15-8-4-6(16)5-9(17)12(8)19-13(20)7-2-1-3-10(18)11(7)14(19)21/h1-5H,18H2. The van der Waals surface area contributed by atoms with Crippen LogP contribution >= 0.6 is 15.9 Å². The molecule has 0 aromatic heterocycles. The van der Waals surface area contributed by atoms with Crippen LogP contribution in [0.2, 0.25) is 0 Å². The first-order valence-electron chi connectivity index (χ1n) is 5.83. The predicted octanol–water partition coefficient (Wildman–Crippen LogP) is 3.11. The zero-order valence-electron chi connectivity index (χ0n) is 10.4. The Morgan fingerprint density at radius 1 is 1.10 bits per heavy atom. The molecule has 1 heterocycles. The Kier molecular flexibility index (Phi) is 3.02. The summed E-state index contributed by atoms with van der Waals surface area (Å²) in [5.74, 6) is -3.28. The van der Waals surface area contributed by atoms with Gasteiger partial charge in [-0.15, -0.1) is 0 Å². The number of amides is 2. The highest BCUT2D eigenvalue weighted by molar-refractivity contribution is 9.10. The van der Waals surface area contributed by atoms with Crippen LogP contribution in [0.4, 0.5) is 20.2 Å². The van der Waals surface area contributed by atoms with Crippen LogP contribution in [0.25, 0.3) is 0 Å². The van der Waals surface area contributed by atoms with Crippen molar-refractivity contribution in [1.82, 2.24) is 0 Å². The Morgan fingerprint density at radius 2 is 1.81 bits per heavy atom. The highest BCUT2D eigenvalue weighted by Gasteiger charge is 2.40. The van der Waals surface area contributed by atoms with E-state index in [9.17, 15) is 18.4 Å². The van der Waals surface area contributed by atoms with Gasteiger partial charge < -0.3 is 5.73 Å². The van der Waals surface area contributed by atoms with Crippen LogP contribution in [-0.2, 0) is 0 Å². The van der Waals surface area contributed by atoms with Crippen molar-refractivity contribution in [2.45, 2.75) is 0 Å². The normalized spacial score (nSPS) is 13.8. The molecule has 0 unspecified atom stereocenters. The van der Waals surface area contributed by atoms with Crippen LogP contribution in [0.1, 0.15) is 20.7 Å². The average molecular weight is 353 g/mol. The van der Waals surface area contributed by atoms with Crippen LogP contribution in [-0.4, -0.2) is 11.8 Å². The maximum Gasteiger partial charge on any atom is 0.268 e. The Bertz CT molecular complexity index is 785. The van der Waals surface area contributed by atoms with Gasteiger partial charge in [-0.05, 0) is 34.1 Å². The van der Waals surface area contributed by atoms with Crippen molar-refractivity contribution >= 4 is 39.1 Å². The maximum absolute atomic E-state index is 14.0. The molecule has 7 heteroatoms. The molecule has 2 aromatic rings. The van der Waals surface area contributed by atoms with Gasteiger partial charge in [-0.25, -0.2) is 13.7 Å². The van der Waals surface area contributed by atoms with Gasteiger partial charge in [0.1, 0.15) is 11.5 Å². The quantitative estimate of drug-likeness (QED) is 0.633. The Morgan fingerprint density at radius 3 is 2.43 bits per heavy atom. The SMILES string of the molecule is Nc1cccc2c1C(=O)N(c1c(F)cc(F)cc1Br)C2=O. The highest BCUT2D eigenvalue weighted by atomic mass is 79.9. The van der Waals surface area contributed by atoms with Gasteiger partial charge in [-0.1, -0.05) is 6.07 Å². The molecule has 1 aliphatic rings. The third kappa shape index (κ3) is 1.92. The first kappa shape index (κ1) is 13.7. The number of rotatable bonds is 1. The molecular weight excluding hydrogens is 346 g/mol. The number of nitrogen functional groups attached to an aromatic ring is 1. The highest BCUT2D eigenvalue weighted by Crippen LogP contribution is 2.37. The van der Waals surface area contributed by atoms with Crippen molar-refractivity contribution in [2.75, 3.05) is 10.6 Å².